The molecule has 3 aliphatic carbocycles. The number of hydrogen-bond acceptors (Lipinski definition) is 11. The molecule has 2 heterocycles. The highest BCUT2D eigenvalue weighted by atomic mass is 16.7. The summed E-state index contributed by atoms with van der Waals surface area (Å²) in [7, 11) is 0. The molecule has 0 aromatic heterocycles. The van der Waals surface area contributed by atoms with Crippen molar-refractivity contribution in [1.29, 1.82) is 0 Å². The number of nitrogens with one attached hydrogen (secondary N) is 1. The first kappa shape index (κ1) is 42.3. The predicted octanol–water partition coefficient (Wildman–Crippen LogP) is 6.28. The average molecular weight is 782 g/mol. The zero-order chi connectivity index (χ0) is 41.3. The Morgan fingerprint density at radius 3 is 2.27 bits per heavy atom. The van der Waals surface area contributed by atoms with E-state index in [2.05, 4.69) is 32.7 Å². The molecule has 12 nitrogen and oxygen atoms in total. The summed E-state index contributed by atoms with van der Waals surface area (Å²) in [5, 5.41) is 26.9. The minimum atomic E-state index is -1.73. The molecule has 13 atom stereocenters. The molecule has 2 unspecified atom stereocenters. The molecule has 1 aromatic rings. The van der Waals surface area contributed by atoms with Crippen LogP contribution in [-0.2, 0) is 33.2 Å². The maximum absolute atomic E-state index is 14.4. The van der Waals surface area contributed by atoms with Crippen molar-refractivity contribution < 1.29 is 53.0 Å². The highest BCUT2D eigenvalue weighted by Crippen LogP contribution is 2.71. The largest absolute Gasteiger partial charge is 0.457 e. The first-order valence-electron chi connectivity index (χ1n) is 20.1. The molecule has 0 bridgehead atoms. The molecule has 2 saturated heterocycles. The van der Waals surface area contributed by atoms with Crippen LogP contribution in [0.25, 0.3) is 0 Å². The highest BCUT2D eigenvalue weighted by Gasteiger charge is 2.77. The Morgan fingerprint density at radius 2 is 1.71 bits per heavy atom. The Labute approximate surface area is 331 Å². The molecule has 6 rings (SSSR count). The quantitative estimate of drug-likeness (QED) is 0.139. The van der Waals surface area contributed by atoms with Gasteiger partial charge in [-0.05, 0) is 83.2 Å². The summed E-state index contributed by atoms with van der Waals surface area (Å²) in [6.45, 7) is 25.1. The summed E-state index contributed by atoms with van der Waals surface area (Å²) in [5.41, 5.74) is -3.09. The van der Waals surface area contributed by atoms with Crippen LogP contribution >= 0.6 is 0 Å². The fourth-order valence-corrected chi connectivity index (χ4v) is 11.1. The van der Waals surface area contributed by atoms with E-state index in [1.807, 2.05) is 26.8 Å². The second-order valence-corrected chi connectivity index (χ2v) is 19.2. The van der Waals surface area contributed by atoms with E-state index in [-0.39, 0.29) is 36.9 Å². The van der Waals surface area contributed by atoms with Crippen LogP contribution < -0.4 is 5.32 Å². The van der Waals surface area contributed by atoms with Crippen molar-refractivity contribution in [3.05, 3.63) is 59.7 Å². The van der Waals surface area contributed by atoms with Crippen molar-refractivity contribution in [2.24, 2.45) is 34.0 Å². The number of hydrogen-bond donors (Lipinski definition) is 3. The van der Waals surface area contributed by atoms with Gasteiger partial charge in [-0.2, -0.15) is 0 Å². The Kier molecular flexibility index (Phi) is 11.2. The lowest BCUT2D eigenvalue weighted by Crippen LogP contribution is -2.75. The number of benzene rings is 1. The smallest absolute Gasteiger partial charge is 0.407 e. The van der Waals surface area contributed by atoms with Crippen molar-refractivity contribution in [2.45, 2.75) is 156 Å². The lowest BCUT2D eigenvalue weighted by atomic mass is 9.46. The normalized spacial score (nSPS) is 37.5. The van der Waals surface area contributed by atoms with Gasteiger partial charge in [0.1, 0.15) is 17.8 Å². The third-order valence-electron chi connectivity index (χ3n) is 13.5. The lowest BCUT2D eigenvalue weighted by molar-refractivity contribution is -0.373. The second kappa shape index (κ2) is 14.8. The van der Waals surface area contributed by atoms with Crippen LogP contribution in [0, 0.1) is 34.0 Å². The molecule has 1 amide bonds. The number of alkyl carbamates (subject to hydrolysis) is 1. The number of carbonyl (C=O) groups is 3. The molecular weight excluding hydrogens is 718 g/mol. The second-order valence-electron chi connectivity index (χ2n) is 19.2. The van der Waals surface area contributed by atoms with Crippen LogP contribution in [0.3, 0.4) is 0 Å². The third-order valence-corrected chi connectivity index (χ3v) is 13.5. The lowest BCUT2D eigenvalue weighted by Gasteiger charge is -2.68. The van der Waals surface area contributed by atoms with Gasteiger partial charge in [-0.25, -0.2) is 14.4 Å². The van der Waals surface area contributed by atoms with Gasteiger partial charge < -0.3 is 44.0 Å². The number of aliphatic hydroxyl groups is 2. The number of esters is 2. The molecule has 5 aliphatic rings. The molecule has 56 heavy (non-hydrogen) atoms. The number of fused-ring (bicyclic) bond motifs is 3. The van der Waals surface area contributed by atoms with Gasteiger partial charge in [0.25, 0.3) is 0 Å². The Morgan fingerprint density at radius 1 is 1.05 bits per heavy atom. The Balaban J connectivity index is 1.48. The average Bonchev–Trinajstić information content (AvgIpc) is 3.36. The third kappa shape index (κ3) is 7.01. The van der Waals surface area contributed by atoms with Crippen LogP contribution in [0.2, 0.25) is 0 Å². The molecular formula is C44H63NO11. The minimum Gasteiger partial charge on any atom is -0.457 e. The van der Waals surface area contributed by atoms with Gasteiger partial charge in [0.15, 0.2) is 12.4 Å². The fraction of sp³-hybridized carbons (Fsp3) is 0.705. The van der Waals surface area contributed by atoms with Gasteiger partial charge in [-0.3, -0.25) is 0 Å². The highest BCUT2D eigenvalue weighted by molar-refractivity contribution is 5.89. The predicted molar refractivity (Wildman–Crippen MR) is 207 cm³/mol. The molecule has 1 aromatic carbocycles. The van der Waals surface area contributed by atoms with Crippen LogP contribution in [0.1, 0.15) is 106 Å². The van der Waals surface area contributed by atoms with Gasteiger partial charge >= 0.3 is 18.0 Å². The van der Waals surface area contributed by atoms with Gasteiger partial charge in [-0.1, -0.05) is 59.4 Å². The van der Waals surface area contributed by atoms with Crippen molar-refractivity contribution in [1.82, 2.24) is 5.32 Å². The van der Waals surface area contributed by atoms with Gasteiger partial charge in [-0.15, -0.1) is 0 Å². The fourth-order valence-electron chi connectivity index (χ4n) is 11.1. The number of rotatable bonds is 10. The molecule has 3 N–H and O–H groups in total. The van der Waals surface area contributed by atoms with E-state index in [4.69, 9.17) is 28.4 Å². The summed E-state index contributed by atoms with van der Waals surface area (Å²) >= 11 is 0. The summed E-state index contributed by atoms with van der Waals surface area (Å²) in [5.74, 6) is -2.31. The van der Waals surface area contributed by atoms with Crippen molar-refractivity contribution >= 4 is 18.0 Å². The van der Waals surface area contributed by atoms with Gasteiger partial charge in [0.2, 0.25) is 0 Å². The number of aliphatic hydroxyl groups excluding tert-OH is 1. The number of amides is 1. The van der Waals surface area contributed by atoms with Crippen molar-refractivity contribution in [3.8, 4) is 0 Å². The monoisotopic (exact) mass is 781 g/mol. The topological polar surface area (TPSA) is 159 Å². The molecule has 310 valence electrons. The molecule has 2 aliphatic heterocycles. The summed E-state index contributed by atoms with van der Waals surface area (Å²) < 4.78 is 38.3. The summed E-state index contributed by atoms with van der Waals surface area (Å²) in [6.07, 6.45) is -3.59. The number of ether oxygens (including phenoxy) is 6. The van der Waals surface area contributed by atoms with E-state index in [0.29, 0.717) is 24.2 Å². The van der Waals surface area contributed by atoms with Crippen LogP contribution in [0.15, 0.2) is 54.1 Å². The van der Waals surface area contributed by atoms with E-state index in [1.165, 1.54) is 0 Å². The maximum atomic E-state index is 14.4. The molecule has 2 saturated carbocycles. The Hall–Kier alpha value is -3.29. The van der Waals surface area contributed by atoms with E-state index in [9.17, 15) is 24.6 Å². The van der Waals surface area contributed by atoms with Crippen molar-refractivity contribution in [2.75, 3.05) is 6.61 Å². The first-order chi connectivity index (χ1) is 26.0. The standard InChI is InChI=1S/C44H63NO11/c1-13-31-53-30-20-29-42(11,22-51-29)34-36(55-37(47)26-17-15-14-16-18-26)44(41(9,10)50)21-28(24(4)32(44)25(5)35(54-31)43(30,34)12)52-38(48)33(46)27(19-23(2)3)45-39(49)56-40(6,7)8/h13-18,23,25,27-31,33-36,46,50H,1,19-22H2,2-12H3,(H,45,49)/t25-,27-,28-,29+,30-,31?,33+,34+,35-,36?,42+,43+,44-/m0/s1. The molecule has 0 radical (unpaired) electrons. The molecule has 0 spiro atoms. The van der Waals surface area contributed by atoms with E-state index < -0.39 is 88.1 Å². The molecule has 4 fully saturated rings. The Bertz CT molecular complexity index is 1710. The zero-order valence-corrected chi connectivity index (χ0v) is 34.9. The van der Waals surface area contributed by atoms with Gasteiger partial charge in [0, 0.05) is 35.5 Å². The van der Waals surface area contributed by atoms with Crippen LogP contribution in [0.5, 0.6) is 0 Å². The minimum absolute atomic E-state index is 0.00637. The van der Waals surface area contributed by atoms with E-state index >= 15 is 0 Å². The van der Waals surface area contributed by atoms with Gasteiger partial charge in [0.05, 0.1) is 47.5 Å². The van der Waals surface area contributed by atoms with Crippen LogP contribution in [0.4, 0.5) is 4.79 Å². The van der Waals surface area contributed by atoms with Crippen molar-refractivity contribution in [3.63, 3.8) is 0 Å². The van der Waals surface area contributed by atoms with E-state index in [1.54, 1.807) is 65.0 Å². The first-order valence-corrected chi connectivity index (χ1v) is 20.1. The summed E-state index contributed by atoms with van der Waals surface area (Å²) in [6, 6.07) is 7.78. The van der Waals surface area contributed by atoms with E-state index in [0.717, 1.165) is 5.57 Å². The number of carbonyl (C=O) groups excluding carboxylic acids is 3. The maximum Gasteiger partial charge on any atom is 0.407 e. The molecule has 12 heteroatoms. The SMILES string of the molecule is C=CC1O[C@H]2C[C@H]3OC[C@@]3(C)[C@H]3C(OC(=O)c4ccccc4)[C@]4(C(C)(C)O)C[C@H](OC(=O)[C@H](O)[C@H](CC(C)C)NC(=O)OC(C)(C)C)C(C)=C4[C@H](C)[C@H](O1)[C@]23C. The summed E-state index contributed by atoms with van der Waals surface area (Å²) in [4.78, 5) is 41.3. The van der Waals surface area contributed by atoms with Crippen LogP contribution in [-0.4, -0.2) is 95.0 Å². The zero-order valence-electron chi connectivity index (χ0n) is 34.9.